The number of para-hydroxylation sites is 1. The van der Waals surface area contributed by atoms with Crippen LogP contribution in [0.4, 0.5) is 0 Å². The average Bonchev–Trinajstić information content (AvgIpc) is 3.13. The molecule has 2 atom stereocenters. The number of aromatic nitrogens is 1. The molecule has 31 heavy (non-hydrogen) atoms. The first-order valence-corrected chi connectivity index (χ1v) is 10.2. The summed E-state index contributed by atoms with van der Waals surface area (Å²) in [6, 6.07) is 6.71. The predicted octanol–water partition coefficient (Wildman–Crippen LogP) is 2.20. The van der Waals surface area contributed by atoms with Crippen molar-refractivity contribution in [1.82, 2.24) is 10.3 Å². The standard InChI is InChI=1S/C22H28N4O5/c1-4-30-20(11-15-12-24-18-8-6-5-7-17(15)18)21(28)26-19(22(29)31-14(2)3)10-9-16(27)13-25-23/h5-8,12-14,19-20,24H,4,9-11H2,1-3H3,(H,26,28)/t19-,20-/m0/s1. The van der Waals surface area contributed by atoms with Crippen LogP contribution in [-0.4, -0.2) is 58.5 Å². The first kappa shape index (κ1) is 24.0. The van der Waals surface area contributed by atoms with Crippen LogP contribution in [0.15, 0.2) is 30.5 Å². The maximum atomic E-state index is 13.0. The number of ketones is 1. The molecule has 1 amide bonds. The minimum Gasteiger partial charge on any atom is -0.461 e. The van der Waals surface area contributed by atoms with Crippen molar-refractivity contribution in [3.8, 4) is 0 Å². The summed E-state index contributed by atoms with van der Waals surface area (Å²) in [4.78, 5) is 42.9. The zero-order valence-electron chi connectivity index (χ0n) is 18.0. The number of esters is 1. The number of rotatable bonds is 12. The van der Waals surface area contributed by atoms with Crippen LogP contribution in [0.25, 0.3) is 16.4 Å². The summed E-state index contributed by atoms with van der Waals surface area (Å²) >= 11 is 0. The molecule has 0 unspecified atom stereocenters. The molecule has 2 N–H and O–H groups in total. The van der Waals surface area contributed by atoms with Crippen LogP contribution in [0.3, 0.4) is 0 Å². The van der Waals surface area contributed by atoms with Gasteiger partial charge in [-0.3, -0.25) is 9.59 Å². The molecular weight excluding hydrogens is 400 g/mol. The van der Waals surface area contributed by atoms with E-state index < -0.39 is 29.8 Å². The van der Waals surface area contributed by atoms with E-state index in [1.807, 2.05) is 30.5 Å². The SMILES string of the molecule is CCO[C@@H](Cc1c[nH]c2ccccc12)C(=O)N[C@@H](CCC(=O)C=[N+]=[N-])C(=O)OC(C)C. The number of hydrogen-bond acceptors (Lipinski definition) is 5. The number of fused-ring (bicyclic) bond motifs is 1. The smallest absolute Gasteiger partial charge is 0.328 e. The van der Waals surface area contributed by atoms with E-state index in [0.717, 1.165) is 22.7 Å². The van der Waals surface area contributed by atoms with Gasteiger partial charge in [-0.1, -0.05) is 18.2 Å². The number of ether oxygens (including phenoxy) is 2. The van der Waals surface area contributed by atoms with Gasteiger partial charge in [0, 0.05) is 36.5 Å². The maximum absolute atomic E-state index is 13.0. The number of nitrogens with zero attached hydrogens (tertiary/aromatic N) is 2. The largest absolute Gasteiger partial charge is 0.461 e. The highest BCUT2D eigenvalue weighted by Gasteiger charge is 2.29. The number of carbonyl (C=O) groups excluding carboxylic acids is 3. The Hall–Kier alpha value is -3.29. The van der Waals surface area contributed by atoms with Crippen molar-refractivity contribution in [1.29, 1.82) is 0 Å². The molecule has 0 radical (unpaired) electrons. The quantitative estimate of drug-likeness (QED) is 0.231. The van der Waals surface area contributed by atoms with Gasteiger partial charge in [-0.25, -0.2) is 4.79 Å². The van der Waals surface area contributed by atoms with Crippen molar-refractivity contribution in [3.63, 3.8) is 0 Å². The van der Waals surface area contributed by atoms with Gasteiger partial charge in [-0.2, -0.15) is 4.79 Å². The number of carbonyl (C=O) groups is 3. The van der Waals surface area contributed by atoms with E-state index in [0.29, 0.717) is 13.0 Å². The van der Waals surface area contributed by atoms with Crippen molar-refractivity contribution in [3.05, 3.63) is 41.6 Å². The molecule has 0 saturated carbocycles. The summed E-state index contributed by atoms with van der Waals surface area (Å²) in [5, 5.41) is 3.65. The number of hydrogen-bond donors (Lipinski definition) is 2. The van der Waals surface area contributed by atoms with Crippen molar-refractivity contribution in [2.24, 2.45) is 0 Å². The second-order valence-corrected chi connectivity index (χ2v) is 7.30. The minimum atomic E-state index is -1.03. The third-order valence-electron chi connectivity index (χ3n) is 4.57. The number of aromatic amines is 1. The van der Waals surface area contributed by atoms with Crippen molar-refractivity contribution >= 4 is 34.8 Å². The van der Waals surface area contributed by atoms with E-state index in [2.05, 4.69) is 15.1 Å². The Morgan fingerprint density at radius 3 is 2.68 bits per heavy atom. The molecule has 1 heterocycles. The van der Waals surface area contributed by atoms with Crippen LogP contribution in [0.2, 0.25) is 0 Å². The molecule has 0 aliphatic rings. The molecule has 1 aromatic carbocycles. The third kappa shape index (κ3) is 7.16. The highest BCUT2D eigenvalue weighted by molar-refractivity contribution is 6.25. The van der Waals surface area contributed by atoms with Gasteiger partial charge in [0.25, 0.3) is 0 Å². The molecular formula is C22H28N4O5. The lowest BCUT2D eigenvalue weighted by Gasteiger charge is -2.22. The van der Waals surface area contributed by atoms with Crippen LogP contribution in [0.1, 0.15) is 39.2 Å². The highest BCUT2D eigenvalue weighted by atomic mass is 16.5. The predicted molar refractivity (Wildman–Crippen MR) is 114 cm³/mol. The van der Waals surface area contributed by atoms with Crippen LogP contribution in [0.5, 0.6) is 0 Å². The number of nitrogens with one attached hydrogen (secondary N) is 2. The molecule has 0 aliphatic carbocycles. The molecule has 0 fully saturated rings. The van der Waals surface area contributed by atoms with Crippen molar-refractivity contribution < 1.29 is 28.6 Å². The lowest BCUT2D eigenvalue weighted by molar-refractivity contribution is -0.153. The monoisotopic (exact) mass is 428 g/mol. The fourth-order valence-electron chi connectivity index (χ4n) is 3.17. The normalized spacial score (nSPS) is 12.8. The van der Waals surface area contributed by atoms with E-state index in [4.69, 9.17) is 15.0 Å². The molecule has 0 aliphatic heterocycles. The number of H-pyrrole nitrogens is 1. The molecule has 0 spiro atoms. The summed E-state index contributed by atoms with van der Waals surface area (Å²) in [6.07, 6.45) is 1.61. The Bertz CT molecular complexity index is 962. The first-order chi connectivity index (χ1) is 14.8. The summed E-state index contributed by atoms with van der Waals surface area (Å²) in [5.74, 6) is -1.58. The molecule has 2 rings (SSSR count). The molecule has 9 nitrogen and oxygen atoms in total. The van der Waals surface area contributed by atoms with Gasteiger partial charge in [-0.15, -0.1) is 0 Å². The fraction of sp³-hybridized carbons (Fsp3) is 0.455. The zero-order chi connectivity index (χ0) is 22.8. The topological polar surface area (TPSA) is 134 Å². The Labute approximate surface area is 180 Å². The van der Waals surface area contributed by atoms with E-state index in [1.54, 1.807) is 20.8 Å². The van der Waals surface area contributed by atoms with E-state index in [-0.39, 0.29) is 18.9 Å². The second kappa shape index (κ2) is 11.8. The van der Waals surface area contributed by atoms with Crippen molar-refractivity contribution in [2.75, 3.05) is 6.61 Å². The Kier molecular flexibility index (Phi) is 9.12. The summed E-state index contributed by atoms with van der Waals surface area (Å²) in [6.45, 7) is 5.49. The lowest BCUT2D eigenvalue weighted by Crippen LogP contribution is -2.48. The van der Waals surface area contributed by atoms with Gasteiger partial charge in [0.05, 0.1) is 6.10 Å². The van der Waals surface area contributed by atoms with Gasteiger partial charge in [-0.05, 0) is 38.8 Å². The minimum absolute atomic E-state index is 0.00801. The zero-order valence-corrected chi connectivity index (χ0v) is 18.0. The number of benzene rings is 1. The van der Waals surface area contributed by atoms with E-state index in [9.17, 15) is 14.4 Å². The molecule has 2 aromatic rings. The molecule has 9 heteroatoms. The van der Waals surface area contributed by atoms with E-state index in [1.165, 1.54) is 0 Å². The highest BCUT2D eigenvalue weighted by Crippen LogP contribution is 2.20. The fourth-order valence-corrected chi connectivity index (χ4v) is 3.17. The molecule has 166 valence electrons. The van der Waals surface area contributed by atoms with Crippen molar-refractivity contribution in [2.45, 2.75) is 58.3 Å². The van der Waals surface area contributed by atoms with Gasteiger partial charge in [0.2, 0.25) is 11.7 Å². The average molecular weight is 428 g/mol. The number of Topliss-reactive ketones (excluding diaryl/α,β-unsaturated/α-hetero) is 1. The van der Waals surface area contributed by atoms with E-state index >= 15 is 0 Å². The van der Waals surface area contributed by atoms with Crippen LogP contribution in [-0.2, 0) is 30.3 Å². The van der Waals surface area contributed by atoms with Crippen LogP contribution >= 0.6 is 0 Å². The van der Waals surface area contributed by atoms with Gasteiger partial charge < -0.3 is 25.3 Å². The van der Waals surface area contributed by atoms with Gasteiger partial charge in [0.1, 0.15) is 12.1 Å². The van der Waals surface area contributed by atoms with Crippen LogP contribution < -0.4 is 5.32 Å². The van der Waals surface area contributed by atoms with Gasteiger partial charge >= 0.3 is 12.2 Å². The molecule has 1 aromatic heterocycles. The second-order valence-electron chi connectivity index (χ2n) is 7.30. The number of amides is 1. The van der Waals surface area contributed by atoms with Crippen LogP contribution in [0, 0.1) is 0 Å². The Balaban J connectivity index is 2.14. The molecule has 0 bridgehead atoms. The Morgan fingerprint density at radius 2 is 2.00 bits per heavy atom. The summed E-state index contributed by atoms with van der Waals surface area (Å²) in [5.41, 5.74) is 10.3. The third-order valence-corrected chi connectivity index (χ3v) is 4.57. The lowest BCUT2D eigenvalue weighted by atomic mass is 10.0. The van der Waals surface area contributed by atoms with Gasteiger partial charge in [0.15, 0.2) is 0 Å². The maximum Gasteiger partial charge on any atom is 0.328 e. The molecule has 0 saturated heterocycles. The summed E-state index contributed by atoms with van der Waals surface area (Å²) < 4.78 is 10.9. The summed E-state index contributed by atoms with van der Waals surface area (Å²) in [7, 11) is 0. The first-order valence-electron chi connectivity index (χ1n) is 10.2. The Morgan fingerprint density at radius 1 is 1.26 bits per heavy atom.